The molecule has 28 heavy (non-hydrogen) atoms. The number of hydrogen-bond acceptors (Lipinski definition) is 3. The monoisotopic (exact) mass is 502 g/mol. The summed E-state index contributed by atoms with van der Waals surface area (Å²) in [4.78, 5) is 6.90. The molecule has 0 spiro atoms. The molecule has 0 aliphatic carbocycles. The van der Waals surface area contributed by atoms with Crippen molar-refractivity contribution in [3.8, 4) is 0 Å². The topological polar surface area (TPSA) is 48.9 Å². The fraction of sp³-hybridized carbons (Fsp3) is 0.682. The summed E-state index contributed by atoms with van der Waals surface area (Å²) in [6.45, 7) is 11.3. The van der Waals surface area contributed by atoms with E-state index in [1.54, 1.807) is 0 Å². The lowest BCUT2D eigenvalue weighted by atomic mass is 10.1. The maximum absolute atomic E-state index is 5.64. The molecular weight excluding hydrogens is 463 g/mol. The maximum atomic E-state index is 5.64. The van der Waals surface area contributed by atoms with Crippen molar-refractivity contribution in [2.24, 2.45) is 16.8 Å². The maximum Gasteiger partial charge on any atom is 0.191 e. The van der Waals surface area contributed by atoms with Crippen LogP contribution in [0.4, 0.5) is 0 Å². The second-order valence-corrected chi connectivity index (χ2v) is 7.87. The fourth-order valence-corrected chi connectivity index (χ4v) is 3.34. The van der Waals surface area contributed by atoms with Crippen LogP contribution in [-0.4, -0.2) is 63.8 Å². The van der Waals surface area contributed by atoms with Gasteiger partial charge in [0.25, 0.3) is 0 Å². The first kappa shape index (κ1) is 25.2. The molecule has 0 amide bonds. The third-order valence-electron chi connectivity index (χ3n) is 5.09. The molecule has 1 aromatic rings. The van der Waals surface area contributed by atoms with E-state index in [0.29, 0.717) is 11.8 Å². The third kappa shape index (κ3) is 10.6. The van der Waals surface area contributed by atoms with E-state index in [1.165, 1.54) is 25.1 Å². The number of nitrogens with zero attached hydrogens (tertiary/aromatic N) is 2. The van der Waals surface area contributed by atoms with E-state index in [1.807, 2.05) is 7.05 Å². The molecule has 0 bridgehead atoms. The number of halogens is 1. The highest BCUT2D eigenvalue weighted by atomic mass is 127. The van der Waals surface area contributed by atoms with Crippen LogP contribution in [0.15, 0.2) is 35.3 Å². The molecule has 1 saturated heterocycles. The molecule has 1 aliphatic rings. The van der Waals surface area contributed by atoms with E-state index in [-0.39, 0.29) is 24.0 Å². The first-order valence-corrected chi connectivity index (χ1v) is 10.5. The molecule has 1 atom stereocenters. The number of nitrogens with one attached hydrogen (secondary N) is 2. The predicted octanol–water partition coefficient (Wildman–Crippen LogP) is 3.40. The number of rotatable bonds is 11. The molecule has 6 heteroatoms. The Kier molecular flexibility index (Phi) is 13.5. The third-order valence-corrected chi connectivity index (χ3v) is 5.09. The summed E-state index contributed by atoms with van der Waals surface area (Å²) in [6.07, 6.45) is 3.52. The van der Waals surface area contributed by atoms with Crippen molar-refractivity contribution in [2.75, 3.05) is 53.0 Å². The Hall–Kier alpha value is -0.860. The van der Waals surface area contributed by atoms with Gasteiger partial charge in [0.15, 0.2) is 5.96 Å². The van der Waals surface area contributed by atoms with E-state index in [4.69, 9.17) is 4.74 Å². The van der Waals surface area contributed by atoms with Crippen LogP contribution in [0.25, 0.3) is 0 Å². The summed E-state index contributed by atoms with van der Waals surface area (Å²) in [5.41, 5.74) is 1.43. The minimum Gasteiger partial charge on any atom is -0.380 e. The van der Waals surface area contributed by atoms with Gasteiger partial charge in [-0.1, -0.05) is 44.2 Å². The van der Waals surface area contributed by atoms with Crippen LogP contribution >= 0.6 is 24.0 Å². The molecule has 0 radical (unpaired) electrons. The predicted molar refractivity (Wildman–Crippen MR) is 130 cm³/mol. The van der Waals surface area contributed by atoms with Crippen LogP contribution < -0.4 is 10.6 Å². The standard InChI is InChI=1S/C22H38N4O.HI/c1-19(2)11-15-27-16-12-24-22(23-3)25-17-21-10-14-26(18-21)13-9-20-7-5-4-6-8-20;/h4-8,19,21H,9-18H2,1-3H3,(H2,23,24,25);1H. The zero-order valence-corrected chi connectivity index (χ0v) is 20.2. The van der Waals surface area contributed by atoms with Gasteiger partial charge in [-0.05, 0) is 43.2 Å². The minimum absolute atomic E-state index is 0. The molecule has 1 unspecified atom stereocenters. The molecule has 5 nitrogen and oxygen atoms in total. The molecule has 160 valence electrons. The van der Waals surface area contributed by atoms with E-state index in [2.05, 4.69) is 64.7 Å². The molecular formula is C22H39IN4O. The Balaban J connectivity index is 0.00000392. The van der Waals surface area contributed by atoms with E-state index in [0.717, 1.165) is 51.6 Å². The van der Waals surface area contributed by atoms with Crippen LogP contribution in [0.5, 0.6) is 0 Å². The number of aliphatic imine (C=N–C) groups is 1. The quantitative estimate of drug-likeness (QED) is 0.211. The van der Waals surface area contributed by atoms with E-state index < -0.39 is 0 Å². The smallest absolute Gasteiger partial charge is 0.191 e. The summed E-state index contributed by atoms with van der Waals surface area (Å²) >= 11 is 0. The van der Waals surface area contributed by atoms with Crippen molar-refractivity contribution < 1.29 is 4.74 Å². The molecule has 1 heterocycles. The highest BCUT2D eigenvalue weighted by Crippen LogP contribution is 2.15. The molecule has 1 fully saturated rings. The van der Waals surface area contributed by atoms with Gasteiger partial charge in [-0.2, -0.15) is 0 Å². The van der Waals surface area contributed by atoms with Crippen LogP contribution in [0.2, 0.25) is 0 Å². The van der Waals surface area contributed by atoms with Gasteiger partial charge in [0.1, 0.15) is 0 Å². The van der Waals surface area contributed by atoms with Gasteiger partial charge in [-0.3, -0.25) is 4.99 Å². The van der Waals surface area contributed by atoms with Gasteiger partial charge in [0, 0.05) is 39.8 Å². The molecule has 2 N–H and O–H groups in total. The zero-order valence-electron chi connectivity index (χ0n) is 17.8. The van der Waals surface area contributed by atoms with Gasteiger partial charge in [0.2, 0.25) is 0 Å². The first-order valence-electron chi connectivity index (χ1n) is 10.5. The molecule has 1 aromatic carbocycles. The highest BCUT2D eigenvalue weighted by molar-refractivity contribution is 14.0. The number of hydrogen-bond donors (Lipinski definition) is 2. The molecule has 1 aliphatic heterocycles. The largest absolute Gasteiger partial charge is 0.380 e. The number of benzene rings is 1. The van der Waals surface area contributed by atoms with Gasteiger partial charge in [-0.25, -0.2) is 0 Å². The Morgan fingerprint density at radius 1 is 1.21 bits per heavy atom. The molecule has 0 saturated carbocycles. The Bertz CT molecular complexity index is 539. The fourth-order valence-electron chi connectivity index (χ4n) is 3.34. The summed E-state index contributed by atoms with van der Waals surface area (Å²) in [7, 11) is 1.83. The Morgan fingerprint density at radius 2 is 2.00 bits per heavy atom. The van der Waals surface area contributed by atoms with Gasteiger partial charge < -0.3 is 20.3 Å². The molecule has 2 rings (SSSR count). The van der Waals surface area contributed by atoms with Gasteiger partial charge in [-0.15, -0.1) is 24.0 Å². The van der Waals surface area contributed by atoms with Crippen LogP contribution in [0, 0.1) is 11.8 Å². The lowest BCUT2D eigenvalue weighted by molar-refractivity contribution is 0.128. The Morgan fingerprint density at radius 3 is 2.71 bits per heavy atom. The number of ether oxygens (including phenoxy) is 1. The number of guanidine groups is 1. The number of likely N-dealkylation sites (tertiary alicyclic amines) is 1. The van der Waals surface area contributed by atoms with E-state index >= 15 is 0 Å². The van der Waals surface area contributed by atoms with Crippen LogP contribution in [0.1, 0.15) is 32.3 Å². The van der Waals surface area contributed by atoms with Crippen molar-refractivity contribution in [2.45, 2.75) is 33.1 Å². The normalized spacial score (nSPS) is 17.6. The minimum atomic E-state index is 0. The average molecular weight is 502 g/mol. The lowest BCUT2D eigenvalue weighted by Gasteiger charge is -2.17. The highest BCUT2D eigenvalue weighted by Gasteiger charge is 2.22. The zero-order chi connectivity index (χ0) is 19.3. The summed E-state index contributed by atoms with van der Waals surface area (Å²) in [5, 5.41) is 6.81. The van der Waals surface area contributed by atoms with Crippen molar-refractivity contribution in [1.82, 2.24) is 15.5 Å². The summed E-state index contributed by atoms with van der Waals surface area (Å²) in [6, 6.07) is 10.8. The van der Waals surface area contributed by atoms with E-state index in [9.17, 15) is 0 Å². The Labute approximate surface area is 188 Å². The molecule has 0 aromatic heterocycles. The summed E-state index contributed by atoms with van der Waals surface area (Å²) < 4.78 is 5.64. The second-order valence-electron chi connectivity index (χ2n) is 7.87. The SMILES string of the molecule is CN=C(NCCOCCC(C)C)NCC1CCN(CCc2ccccc2)C1.I. The van der Waals surface area contributed by atoms with Crippen molar-refractivity contribution in [3.63, 3.8) is 0 Å². The van der Waals surface area contributed by atoms with Gasteiger partial charge >= 0.3 is 0 Å². The van der Waals surface area contributed by atoms with Crippen LogP contribution in [-0.2, 0) is 11.2 Å². The first-order chi connectivity index (χ1) is 13.2. The van der Waals surface area contributed by atoms with Crippen molar-refractivity contribution in [1.29, 1.82) is 0 Å². The second kappa shape index (κ2) is 15.0. The van der Waals surface area contributed by atoms with Crippen molar-refractivity contribution >= 4 is 29.9 Å². The summed E-state index contributed by atoms with van der Waals surface area (Å²) in [5.74, 6) is 2.28. The lowest BCUT2D eigenvalue weighted by Crippen LogP contribution is -2.41. The van der Waals surface area contributed by atoms with Crippen molar-refractivity contribution in [3.05, 3.63) is 35.9 Å². The van der Waals surface area contributed by atoms with Crippen LogP contribution in [0.3, 0.4) is 0 Å². The average Bonchev–Trinajstić information content (AvgIpc) is 3.13. The van der Waals surface area contributed by atoms with Gasteiger partial charge in [0.05, 0.1) is 6.61 Å².